The van der Waals surface area contributed by atoms with Crippen LogP contribution in [0.1, 0.15) is 16.8 Å². The van der Waals surface area contributed by atoms with Crippen molar-refractivity contribution in [2.75, 3.05) is 11.9 Å². The smallest absolute Gasteiger partial charge is 0.227 e. The van der Waals surface area contributed by atoms with Crippen LogP contribution in [-0.2, 0) is 19.5 Å². The van der Waals surface area contributed by atoms with Gasteiger partial charge in [-0.15, -0.1) is 0 Å². The van der Waals surface area contributed by atoms with Crippen LogP contribution in [0.15, 0.2) is 53.1 Å². The van der Waals surface area contributed by atoms with Gasteiger partial charge in [0.05, 0.1) is 11.4 Å². The maximum Gasteiger partial charge on any atom is 0.227 e. The van der Waals surface area contributed by atoms with Gasteiger partial charge in [-0.1, -0.05) is 28.1 Å². The molecular formula is C20H17BrF2N4. The van der Waals surface area contributed by atoms with Crippen molar-refractivity contribution in [3.05, 3.63) is 81.6 Å². The highest BCUT2D eigenvalue weighted by Crippen LogP contribution is 2.23. The number of rotatable bonds is 4. The minimum absolute atomic E-state index is 0.157. The van der Waals surface area contributed by atoms with E-state index >= 15 is 0 Å². The fourth-order valence-electron chi connectivity index (χ4n) is 3.13. The van der Waals surface area contributed by atoms with E-state index in [9.17, 15) is 8.78 Å². The number of fused-ring (bicyclic) bond motifs is 1. The summed E-state index contributed by atoms with van der Waals surface area (Å²) in [4.78, 5) is 11.1. The van der Waals surface area contributed by atoms with Crippen molar-refractivity contribution in [2.24, 2.45) is 0 Å². The maximum absolute atomic E-state index is 13.8. The van der Waals surface area contributed by atoms with Crippen LogP contribution in [-0.4, -0.2) is 21.4 Å². The molecule has 0 atom stereocenters. The van der Waals surface area contributed by atoms with E-state index in [4.69, 9.17) is 0 Å². The number of nitrogens with zero attached hydrogens (tertiary/aromatic N) is 3. The first-order valence-electron chi connectivity index (χ1n) is 8.60. The van der Waals surface area contributed by atoms with Gasteiger partial charge in [-0.2, -0.15) is 0 Å². The summed E-state index contributed by atoms with van der Waals surface area (Å²) in [5.74, 6) is -0.965. The van der Waals surface area contributed by atoms with Crippen molar-refractivity contribution in [1.82, 2.24) is 14.9 Å². The lowest BCUT2D eigenvalue weighted by Gasteiger charge is -2.28. The molecule has 7 heteroatoms. The Kier molecular flexibility index (Phi) is 5.13. The van der Waals surface area contributed by atoms with Crippen LogP contribution >= 0.6 is 15.9 Å². The molecule has 0 saturated carbocycles. The number of nitrogens with one attached hydrogen (secondary N) is 1. The molecule has 4 rings (SSSR count). The van der Waals surface area contributed by atoms with Crippen LogP contribution in [0.4, 0.5) is 20.4 Å². The average Bonchev–Trinajstić information content (AvgIpc) is 2.66. The lowest BCUT2D eigenvalue weighted by molar-refractivity contribution is 0.243. The zero-order valence-electron chi connectivity index (χ0n) is 14.4. The highest BCUT2D eigenvalue weighted by atomic mass is 79.9. The Morgan fingerprint density at radius 2 is 1.93 bits per heavy atom. The Labute approximate surface area is 164 Å². The van der Waals surface area contributed by atoms with Crippen molar-refractivity contribution in [2.45, 2.75) is 19.5 Å². The molecule has 138 valence electrons. The van der Waals surface area contributed by atoms with Gasteiger partial charge < -0.3 is 5.32 Å². The van der Waals surface area contributed by atoms with Crippen LogP contribution < -0.4 is 5.32 Å². The number of benzene rings is 2. The fourth-order valence-corrected chi connectivity index (χ4v) is 3.39. The van der Waals surface area contributed by atoms with E-state index in [0.717, 1.165) is 47.9 Å². The van der Waals surface area contributed by atoms with E-state index in [-0.39, 0.29) is 5.69 Å². The Bertz CT molecular complexity index is 963. The number of aromatic nitrogens is 2. The van der Waals surface area contributed by atoms with Crippen molar-refractivity contribution in [3.8, 4) is 0 Å². The van der Waals surface area contributed by atoms with Crippen LogP contribution in [0.2, 0.25) is 0 Å². The Hall–Kier alpha value is -2.38. The summed E-state index contributed by atoms with van der Waals surface area (Å²) >= 11 is 3.45. The minimum Gasteiger partial charge on any atom is -0.322 e. The first-order chi connectivity index (χ1) is 13.1. The standard InChI is InChI=1S/C20H17BrF2N4/c21-15-3-1-13(2-4-15)11-27-8-7-18-14(12-27)10-24-20(25-18)26-19-6-5-16(22)9-17(19)23/h1-6,9-10H,7-8,11-12H2,(H,24,25,26). The highest BCUT2D eigenvalue weighted by molar-refractivity contribution is 9.10. The van der Waals surface area contributed by atoms with E-state index in [1.807, 2.05) is 12.1 Å². The summed E-state index contributed by atoms with van der Waals surface area (Å²) in [7, 11) is 0. The van der Waals surface area contributed by atoms with E-state index in [0.29, 0.717) is 5.95 Å². The molecule has 2 heterocycles. The van der Waals surface area contributed by atoms with Gasteiger partial charge in [-0.3, -0.25) is 4.90 Å². The summed E-state index contributed by atoms with van der Waals surface area (Å²) in [5, 5.41) is 2.82. The predicted molar refractivity (Wildman–Crippen MR) is 104 cm³/mol. The molecule has 0 radical (unpaired) electrons. The second-order valence-corrected chi connectivity index (χ2v) is 7.42. The third kappa shape index (κ3) is 4.31. The van der Waals surface area contributed by atoms with Crippen molar-refractivity contribution >= 4 is 27.6 Å². The molecule has 3 aromatic rings. The second kappa shape index (κ2) is 7.70. The van der Waals surface area contributed by atoms with Gasteiger partial charge in [0, 0.05) is 48.4 Å². The van der Waals surface area contributed by atoms with Gasteiger partial charge in [0.25, 0.3) is 0 Å². The zero-order chi connectivity index (χ0) is 18.8. The van der Waals surface area contributed by atoms with Gasteiger partial charge in [-0.05, 0) is 29.8 Å². The van der Waals surface area contributed by atoms with E-state index in [1.165, 1.54) is 17.7 Å². The summed E-state index contributed by atoms with van der Waals surface area (Å²) in [6, 6.07) is 11.7. The average molecular weight is 431 g/mol. The van der Waals surface area contributed by atoms with Gasteiger partial charge in [0.1, 0.15) is 11.6 Å². The molecule has 1 aromatic heterocycles. The molecule has 27 heavy (non-hydrogen) atoms. The SMILES string of the molecule is Fc1ccc(Nc2ncc3c(n2)CCN(Cc2ccc(Br)cc2)C3)c(F)c1. The molecule has 0 bridgehead atoms. The molecule has 1 aliphatic rings. The minimum atomic E-state index is -0.669. The van der Waals surface area contributed by atoms with Crippen molar-refractivity contribution in [3.63, 3.8) is 0 Å². The van der Waals surface area contributed by atoms with Crippen LogP contribution in [0.3, 0.4) is 0 Å². The Morgan fingerprint density at radius 1 is 1.11 bits per heavy atom. The third-order valence-electron chi connectivity index (χ3n) is 4.51. The van der Waals surface area contributed by atoms with Gasteiger partial charge in [0.2, 0.25) is 5.95 Å². The largest absolute Gasteiger partial charge is 0.322 e. The van der Waals surface area contributed by atoms with Gasteiger partial charge in [-0.25, -0.2) is 18.7 Å². The van der Waals surface area contributed by atoms with E-state index in [1.54, 1.807) is 6.20 Å². The Balaban J connectivity index is 1.45. The summed E-state index contributed by atoms with van der Waals surface area (Å²) in [6.07, 6.45) is 2.58. The molecule has 1 aliphatic heterocycles. The van der Waals surface area contributed by atoms with E-state index in [2.05, 4.69) is 48.2 Å². The summed E-state index contributed by atoms with van der Waals surface area (Å²) < 4.78 is 27.9. The monoisotopic (exact) mass is 430 g/mol. The molecule has 0 saturated heterocycles. The number of hydrogen-bond acceptors (Lipinski definition) is 4. The number of hydrogen-bond donors (Lipinski definition) is 1. The van der Waals surface area contributed by atoms with Crippen LogP contribution in [0.5, 0.6) is 0 Å². The van der Waals surface area contributed by atoms with E-state index < -0.39 is 11.6 Å². The lowest BCUT2D eigenvalue weighted by Crippen LogP contribution is -2.31. The van der Waals surface area contributed by atoms with Crippen LogP contribution in [0, 0.1) is 11.6 Å². The fraction of sp³-hybridized carbons (Fsp3) is 0.200. The molecule has 2 aromatic carbocycles. The van der Waals surface area contributed by atoms with Crippen molar-refractivity contribution in [1.29, 1.82) is 0 Å². The van der Waals surface area contributed by atoms with Gasteiger partial charge >= 0.3 is 0 Å². The number of anilines is 2. The first-order valence-corrected chi connectivity index (χ1v) is 9.40. The quantitative estimate of drug-likeness (QED) is 0.643. The second-order valence-electron chi connectivity index (χ2n) is 6.50. The zero-order valence-corrected chi connectivity index (χ0v) is 16.0. The Morgan fingerprint density at radius 3 is 2.70 bits per heavy atom. The third-order valence-corrected chi connectivity index (χ3v) is 5.04. The lowest BCUT2D eigenvalue weighted by atomic mass is 10.1. The van der Waals surface area contributed by atoms with Crippen molar-refractivity contribution < 1.29 is 8.78 Å². The molecule has 1 N–H and O–H groups in total. The molecule has 0 amide bonds. The molecule has 0 unspecified atom stereocenters. The topological polar surface area (TPSA) is 41.1 Å². The normalized spacial score (nSPS) is 14.0. The molecule has 4 nitrogen and oxygen atoms in total. The molecule has 0 fully saturated rings. The molecule has 0 spiro atoms. The van der Waals surface area contributed by atoms with Gasteiger partial charge in [0.15, 0.2) is 0 Å². The van der Waals surface area contributed by atoms with Crippen LogP contribution in [0.25, 0.3) is 0 Å². The highest BCUT2D eigenvalue weighted by Gasteiger charge is 2.19. The predicted octanol–water partition coefficient (Wildman–Crippen LogP) is 4.82. The number of halogens is 3. The summed E-state index contributed by atoms with van der Waals surface area (Å²) in [6.45, 7) is 2.54. The molecule has 0 aliphatic carbocycles. The summed E-state index contributed by atoms with van der Waals surface area (Å²) in [5.41, 5.74) is 3.45. The maximum atomic E-state index is 13.8. The molecular weight excluding hydrogens is 414 g/mol. The first kappa shape index (κ1) is 18.0.